The number of amides is 3. The van der Waals surface area contributed by atoms with Gasteiger partial charge in [0.05, 0.1) is 10.5 Å². The van der Waals surface area contributed by atoms with Crippen LogP contribution in [-0.4, -0.2) is 39.7 Å². The van der Waals surface area contributed by atoms with Gasteiger partial charge in [-0.2, -0.15) is 0 Å². The van der Waals surface area contributed by atoms with Crippen molar-refractivity contribution in [3.8, 4) is 0 Å². The quantitative estimate of drug-likeness (QED) is 0.858. The lowest BCUT2D eigenvalue weighted by atomic mass is 10.3. The number of carbonyl (C=O) groups excluding carboxylic acids is 3. The van der Waals surface area contributed by atoms with Crippen LogP contribution in [0.1, 0.15) is 13.8 Å². The first-order valence-electron chi connectivity index (χ1n) is 6.34. The van der Waals surface area contributed by atoms with E-state index < -0.39 is 0 Å². The molecule has 1 saturated heterocycles. The van der Waals surface area contributed by atoms with E-state index in [1.54, 1.807) is 38.1 Å². The highest BCUT2D eigenvalue weighted by molar-refractivity contribution is 8.02. The van der Waals surface area contributed by atoms with E-state index in [2.05, 4.69) is 5.32 Å². The van der Waals surface area contributed by atoms with Crippen LogP contribution in [0, 0.1) is 0 Å². The van der Waals surface area contributed by atoms with Gasteiger partial charge in [-0.25, -0.2) is 0 Å². The molecule has 1 aliphatic heterocycles. The third-order valence-corrected chi connectivity index (χ3v) is 4.21. The van der Waals surface area contributed by atoms with Gasteiger partial charge in [-0.1, -0.05) is 18.2 Å². The molecular weight excluding hydrogens is 276 g/mol. The average Bonchev–Trinajstić information content (AvgIpc) is 2.42. The maximum absolute atomic E-state index is 12.0. The SMILES string of the molecule is C[C@@H]1S[C@@H](C)C(=O)N(CC(=O)Nc2ccccc2)C1=O. The lowest BCUT2D eigenvalue weighted by Crippen LogP contribution is -2.52. The van der Waals surface area contributed by atoms with Gasteiger partial charge >= 0.3 is 0 Å². The predicted octanol–water partition coefficient (Wildman–Crippen LogP) is 1.50. The van der Waals surface area contributed by atoms with Crippen molar-refractivity contribution in [1.29, 1.82) is 0 Å². The standard InChI is InChI=1S/C14H16N2O3S/c1-9-13(18)16(14(19)10(2)20-9)8-12(17)15-11-6-4-3-5-7-11/h3-7,9-10H,8H2,1-2H3,(H,15,17)/t9-,10-/m0/s1. The Morgan fingerprint density at radius 3 is 2.25 bits per heavy atom. The summed E-state index contributed by atoms with van der Waals surface area (Å²) in [6, 6.07) is 8.94. The van der Waals surface area contributed by atoms with Gasteiger partial charge < -0.3 is 5.32 Å². The van der Waals surface area contributed by atoms with Gasteiger partial charge in [0.15, 0.2) is 0 Å². The van der Waals surface area contributed by atoms with Crippen molar-refractivity contribution in [2.24, 2.45) is 0 Å². The first-order chi connectivity index (χ1) is 9.49. The fourth-order valence-electron chi connectivity index (χ4n) is 1.99. The summed E-state index contributed by atoms with van der Waals surface area (Å²) in [5, 5.41) is 2.07. The summed E-state index contributed by atoms with van der Waals surface area (Å²) in [4.78, 5) is 36.9. The van der Waals surface area contributed by atoms with Gasteiger partial charge in [0.2, 0.25) is 17.7 Å². The number of para-hydroxylation sites is 1. The second kappa shape index (κ2) is 6.09. The second-order valence-electron chi connectivity index (χ2n) is 4.60. The second-order valence-corrected chi connectivity index (χ2v) is 6.28. The van der Waals surface area contributed by atoms with Crippen molar-refractivity contribution >= 4 is 35.2 Å². The highest BCUT2D eigenvalue weighted by atomic mass is 32.2. The van der Waals surface area contributed by atoms with E-state index in [9.17, 15) is 14.4 Å². The Morgan fingerprint density at radius 1 is 1.15 bits per heavy atom. The number of imide groups is 1. The molecule has 1 aliphatic rings. The van der Waals surface area contributed by atoms with Crippen LogP contribution in [0.25, 0.3) is 0 Å². The Balaban J connectivity index is 2.02. The zero-order valence-electron chi connectivity index (χ0n) is 11.3. The highest BCUT2D eigenvalue weighted by Gasteiger charge is 2.37. The van der Waals surface area contributed by atoms with Gasteiger partial charge in [0.25, 0.3) is 0 Å². The van der Waals surface area contributed by atoms with E-state index in [1.165, 1.54) is 11.8 Å². The minimum absolute atomic E-state index is 0.234. The van der Waals surface area contributed by atoms with Gasteiger partial charge in [-0.3, -0.25) is 19.3 Å². The maximum atomic E-state index is 12.0. The molecule has 2 rings (SSSR count). The van der Waals surface area contributed by atoms with Crippen LogP contribution < -0.4 is 5.32 Å². The van der Waals surface area contributed by atoms with Crippen molar-refractivity contribution in [2.45, 2.75) is 24.3 Å². The van der Waals surface area contributed by atoms with Crippen LogP contribution in [0.5, 0.6) is 0 Å². The number of rotatable bonds is 3. The number of hydrogen-bond donors (Lipinski definition) is 1. The van der Waals surface area contributed by atoms with Crippen molar-refractivity contribution in [3.05, 3.63) is 30.3 Å². The van der Waals surface area contributed by atoms with E-state index in [0.717, 1.165) is 4.90 Å². The van der Waals surface area contributed by atoms with E-state index in [1.807, 2.05) is 6.07 Å². The fourth-order valence-corrected chi connectivity index (χ4v) is 3.09. The monoisotopic (exact) mass is 292 g/mol. The zero-order chi connectivity index (χ0) is 14.7. The number of nitrogens with one attached hydrogen (secondary N) is 1. The molecule has 0 aliphatic carbocycles. The molecule has 0 unspecified atom stereocenters. The van der Waals surface area contributed by atoms with Gasteiger partial charge in [0.1, 0.15) is 6.54 Å². The summed E-state index contributed by atoms with van der Waals surface area (Å²) < 4.78 is 0. The number of hydrogen-bond acceptors (Lipinski definition) is 4. The molecule has 1 aromatic carbocycles. The van der Waals surface area contributed by atoms with Gasteiger partial charge in [-0.05, 0) is 26.0 Å². The van der Waals surface area contributed by atoms with Gasteiger partial charge in [0, 0.05) is 5.69 Å². The van der Waals surface area contributed by atoms with Crippen LogP contribution in [0.2, 0.25) is 0 Å². The maximum Gasteiger partial charge on any atom is 0.244 e. The summed E-state index contributed by atoms with van der Waals surface area (Å²) >= 11 is 1.32. The Bertz CT molecular complexity index is 512. The lowest BCUT2D eigenvalue weighted by Gasteiger charge is -2.31. The minimum atomic E-state index is -0.371. The molecule has 2 atom stereocenters. The molecule has 1 N–H and O–H groups in total. The summed E-state index contributed by atoms with van der Waals surface area (Å²) in [6.45, 7) is 3.26. The van der Waals surface area contributed by atoms with Crippen LogP contribution in [-0.2, 0) is 14.4 Å². The molecule has 5 nitrogen and oxygen atoms in total. The summed E-state index contributed by atoms with van der Waals surface area (Å²) in [7, 11) is 0. The van der Waals surface area contributed by atoms with Crippen molar-refractivity contribution in [2.75, 3.05) is 11.9 Å². The average molecular weight is 292 g/mol. The highest BCUT2D eigenvalue weighted by Crippen LogP contribution is 2.26. The summed E-state index contributed by atoms with van der Waals surface area (Å²) in [5.41, 5.74) is 0.643. The Hall–Kier alpha value is -1.82. The third-order valence-electron chi connectivity index (χ3n) is 3.00. The van der Waals surface area contributed by atoms with Crippen molar-refractivity contribution < 1.29 is 14.4 Å². The molecule has 0 saturated carbocycles. The topological polar surface area (TPSA) is 66.5 Å². The molecule has 1 fully saturated rings. The Morgan fingerprint density at radius 2 is 1.70 bits per heavy atom. The summed E-state index contributed by atoms with van der Waals surface area (Å²) in [5.74, 6) is -0.980. The molecule has 3 amide bonds. The van der Waals surface area contributed by atoms with Gasteiger partial charge in [-0.15, -0.1) is 11.8 Å². The first-order valence-corrected chi connectivity index (χ1v) is 7.29. The number of anilines is 1. The van der Waals surface area contributed by atoms with E-state index in [4.69, 9.17) is 0 Å². The summed E-state index contributed by atoms with van der Waals surface area (Å²) in [6.07, 6.45) is 0. The van der Waals surface area contributed by atoms with Crippen LogP contribution in [0.3, 0.4) is 0 Å². The number of carbonyl (C=O) groups is 3. The molecule has 106 valence electrons. The van der Waals surface area contributed by atoms with E-state index >= 15 is 0 Å². The Labute approximate surface area is 121 Å². The normalized spacial score (nSPS) is 22.8. The third kappa shape index (κ3) is 3.19. The molecule has 0 spiro atoms. The van der Waals surface area contributed by atoms with E-state index in [-0.39, 0.29) is 34.8 Å². The lowest BCUT2D eigenvalue weighted by molar-refractivity contribution is -0.147. The zero-order valence-corrected chi connectivity index (χ0v) is 12.1. The number of nitrogens with zero attached hydrogens (tertiary/aromatic N) is 1. The molecule has 0 radical (unpaired) electrons. The smallest absolute Gasteiger partial charge is 0.244 e. The fraction of sp³-hybridized carbons (Fsp3) is 0.357. The van der Waals surface area contributed by atoms with Crippen LogP contribution >= 0.6 is 11.8 Å². The van der Waals surface area contributed by atoms with Crippen molar-refractivity contribution in [3.63, 3.8) is 0 Å². The largest absolute Gasteiger partial charge is 0.325 e. The number of benzene rings is 1. The van der Waals surface area contributed by atoms with Crippen LogP contribution in [0.4, 0.5) is 5.69 Å². The number of thioether (sulfide) groups is 1. The van der Waals surface area contributed by atoms with Crippen LogP contribution in [0.15, 0.2) is 30.3 Å². The molecule has 6 heteroatoms. The molecule has 1 heterocycles. The molecule has 0 bridgehead atoms. The molecular formula is C14H16N2O3S. The van der Waals surface area contributed by atoms with Crippen molar-refractivity contribution in [1.82, 2.24) is 4.90 Å². The molecule has 20 heavy (non-hydrogen) atoms. The van der Waals surface area contributed by atoms with E-state index in [0.29, 0.717) is 5.69 Å². The minimum Gasteiger partial charge on any atom is -0.325 e. The predicted molar refractivity (Wildman–Crippen MR) is 78.3 cm³/mol. The molecule has 1 aromatic rings. The Kier molecular flexibility index (Phi) is 4.44. The first kappa shape index (κ1) is 14.6. The molecule has 0 aromatic heterocycles.